The number of amides is 1. The molecule has 0 bridgehead atoms. The lowest BCUT2D eigenvalue weighted by atomic mass is 10.2. The maximum absolute atomic E-state index is 12.8. The van der Waals surface area contributed by atoms with Crippen molar-refractivity contribution >= 4 is 34.3 Å². The van der Waals surface area contributed by atoms with Crippen molar-refractivity contribution in [1.82, 2.24) is 9.55 Å². The van der Waals surface area contributed by atoms with Crippen molar-refractivity contribution in [1.29, 1.82) is 5.26 Å². The first kappa shape index (κ1) is 18.7. The van der Waals surface area contributed by atoms with Crippen molar-refractivity contribution in [2.24, 2.45) is 0 Å². The molecule has 1 aromatic heterocycles. The number of thioether (sulfide) groups is 1. The molecule has 0 aliphatic heterocycles. The van der Waals surface area contributed by atoms with Crippen LogP contribution in [0, 0.1) is 11.3 Å². The van der Waals surface area contributed by atoms with Gasteiger partial charge in [0.05, 0.1) is 28.3 Å². The largest absolute Gasteiger partial charge is 0.325 e. The number of hydrogen-bond donors (Lipinski definition) is 1. The molecule has 0 saturated heterocycles. The maximum Gasteiger partial charge on any atom is 0.262 e. The Hall–Kier alpha value is -3.11. The van der Waals surface area contributed by atoms with Crippen LogP contribution in [-0.2, 0) is 4.79 Å². The number of nitrogens with one attached hydrogen (secondary N) is 1. The summed E-state index contributed by atoms with van der Waals surface area (Å²) in [6.45, 7) is 3.83. The highest BCUT2D eigenvalue weighted by molar-refractivity contribution is 7.99. The molecular formula is C20H18N4O2S. The van der Waals surface area contributed by atoms with E-state index in [1.54, 1.807) is 41.0 Å². The lowest BCUT2D eigenvalue weighted by Crippen LogP contribution is -2.25. The van der Waals surface area contributed by atoms with Gasteiger partial charge in [-0.15, -0.1) is 0 Å². The van der Waals surface area contributed by atoms with Gasteiger partial charge in [-0.2, -0.15) is 5.26 Å². The van der Waals surface area contributed by atoms with Gasteiger partial charge in [-0.3, -0.25) is 14.2 Å². The minimum Gasteiger partial charge on any atom is -0.325 e. The van der Waals surface area contributed by atoms with Crippen LogP contribution in [0.1, 0.15) is 25.5 Å². The fraction of sp³-hybridized carbons (Fsp3) is 0.200. The Morgan fingerprint density at radius 3 is 2.59 bits per heavy atom. The molecule has 3 rings (SSSR count). The van der Waals surface area contributed by atoms with Crippen LogP contribution in [0.25, 0.3) is 10.9 Å². The number of rotatable bonds is 5. The van der Waals surface area contributed by atoms with Crippen molar-refractivity contribution in [3.8, 4) is 6.07 Å². The van der Waals surface area contributed by atoms with E-state index in [0.29, 0.717) is 27.3 Å². The molecular weight excluding hydrogens is 360 g/mol. The Bertz CT molecular complexity index is 1080. The van der Waals surface area contributed by atoms with E-state index in [1.807, 2.05) is 32.0 Å². The van der Waals surface area contributed by atoms with Crippen LogP contribution in [0.3, 0.4) is 0 Å². The molecule has 0 radical (unpaired) electrons. The maximum atomic E-state index is 12.8. The fourth-order valence-corrected chi connectivity index (χ4v) is 3.57. The molecule has 0 aliphatic carbocycles. The normalized spacial score (nSPS) is 10.7. The summed E-state index contributed by atoms with van der Waals surface area (Å²) in [4.78, 5) is 29.6. The summed E-state index contributed by atoms with van der Waals surface area (Å²) in [7, 11) is 0. The summed E-state index contributed by atoms with van der Waals surface area (Å²) < 4.78 is 1.61. The van der Waals surface area contributed by atoms with Crippen LogP contribution in [0.15, 0.2) is 58.5 Å². The molecule has 1 N–H and O–H groups in total. The van der Waals surface area contributed by atoms with E-state index in [2.05, 4.69) is 10.3 Å². The second-order valence-electron chi connectivity index (χ2n) is 6.21. The van der Waals surface area contributed by atoms with Gasteiger partial charge in [0.15, 0.2) is 5.16 Å². The van der Waals surface area contributed by atoms with Crippen molar-refractivity contribution in [3.63, 3.8) is 0 Å². The molecule has 7 heteroatoms. The van der Waals surface area contributed by atoms with Gasteiger partial charge in [0.1, 0.15) is 0 Å². The number of carbonyl (C=O) groups excluding carboxylic acids is 1. The molecule has 3 aromatic rings. The second kappa shape index (κ2) is 8.06. The third-order valence-electron chi connectivity index (χ3n) is 3.92. The van der Waals surface area contributed by atoms with Gasteiger partial charge < -0.3 is 5.32 Å². The molecule has 1 heterocycles. The zero-order valence-corrected chi connectivity index (χ0v) is 15.8. The summed E-state index contributed by atoms with van der Waals surface area (Å²) in [5, 5.41) is 12.7. The van der Waals surface area contributed by atoms with Crippen molar-refractivity contribution in [2.75, 3.05) is 11.1 Å². The molecule has 2 aromatic carbocycles. The minimum atomic E-state index is -0.206. The molecule has 0 saturated carbocycles. The highest BCUT2D eigenvalue weighted by Gasteiger charge is 2.15. The molecule has 0 atom stereocenters. The number of aromatic nitrogens is 2. The quantitative estimate of drug-likeness (QED) is 0.541. The summed E-state index contributed by atoms with van der Waals surface area (Å²) in [6, 6.07) is 15.8. The highest BCUT2D eigenvalue weighted by atomic mass is 32.2. The molecule has 0 aliphatic rings. The molecule has 27 heavy (non-hydrogen) atoms. The van der Waals surface area contributed by atoms with Crippen LogP contribution >= 0.6 is 11.8 Å². The number of para-hydroxylation sites is 1. The van der Waals surface area contributed by atoms with Crippen LogP contribution in [0.2, 0.25) is 0 Å². The summed E-state index contributed by atoms with van der Waals surface area (Å²) in [5.74, 6) is -0.0836. The zero-order valence-electron chi connectivity index (χ0n) is 15.0. The van der Waals surface area contributed by atoms with Crippen molar-refractivity contribution < 1.29 is 4.79 Å². The zero-order chi connectivity index (χ0) is 19.4. The average Bonchev–Trinajstić information content (AvgIpc) is 2.66. The molecule has 1 amide bonds. The van der Waals surface area contributed by atoms with E-state index in [-0.39, 0.29) is 23.3 Å². The molecule has 0 spiro atoms. The third kappa shape index (κ3) is 4.18. The van der Waals surface area contributed by atoms with E-state index < -0.39 is 0 Å². The number of benzene rings is 2. The first-order valence-corrected chi connectivity index (χ1v) is 9.42. The van der Waals surface area contributed by atoms with Gasteiger partial charge in [0.2, 0.25) is 5.91 Å². The molecule has 0 fully saturated rings. The monoisotopic (exact) mass is 378 g/mol. The Morgan fingerprint density at radius 1 is 1.22 bits per heavy atom. The molecule has 136 valence electrons. The van der Waals surface area contributed by atoms with Crippen LogP contribution < -0.4 is 10.9 Å². The SMILES string of the molecule is CC(C)n1c(SCC(=O)Nc2ccc(C#N)cc2)nc2ccccc2c1=O. The van der Waals surface area contributed by atoms with Crippen LogP contribution in [0.4, 0.5) is 5.69 Å². The van der Waals surface area contributed by atoms with Crippen molar-refractivity contribution in [3.05, 3.63) is 64.4 Å². The number of carbonyl (C=O) groups is 1. The minimum absolute atomic E-state index is 0.0707. The predicted molar refractivity (Wildman–Crippen MR) is 107 cm³/mol. The van der Waals surface area contributed by atoms with Gasteiger partial charge in [-0.05, 0) is 50.2 Å². The smallest absolute Gasteiger partial charge is 0.262 e. The Morgan fingerprint density at radius 2 is 1.93 bits per heavy atom. The number of hydrogen-bond acceptors (Lipinski definition) is 5. The standard InChI is InChI=1S/C20H18N4O2S/c1-13(2)24-19(26)16-5-3-4-6-17(16)23-20(24)27-12-18(25)22-15-9-7-14(11-21)8-10-15/h3-10,13H,12H2,1-2H3,(H,22,25). The topological polar surface area (TPSA) is 87.8 Å². The fourth-order valence-electron chi connectivity index (χ4n) is 2.64. The summed E-state index contributed by atoms with van der Waals surface area (Å²) in [6.07, 6.45) is 0. The van der Waals surface area contributed by atoms with E-state index in [0.717, 1.165) is 0 Å². The first-order chi connectivity index (χ1) is 13.0. The molecule has 6 nitrogen and oxygen atoms in total. The lowest BCUT2D eigenvalue weighted by molar-refractivity contribution is -0.113. The summed E-state index contributed by atoms with van der Waals surface area (Å²) in [5.41, 5.74) is 1.66. The Labute approximate surface area is 160 Å². The Balaban J connectivity index is 1.79. The number of anilines is 1. The molecule has 0 unspecified atom stereocenters. The summed E-state index contributed by atoms with van der Waals surface area (Å²) >= 11 is 1.23. The van der Waals surface area contributed by atoms with Gasteiger partial charge in [-0.25, -0.2) is 4.98 Å². The Kier molecular flexibility index (Phi) is 5.57. The average molecular weight is 378 g/mol. The van der Waals surface area contributed by atoms with Gasteiger partial charge in [0.25, 0.3) is 5.56 Å². The van der Waals surface area contributed by atoms with Crippen molar-refractivity contribution in [2.45, 2.75) is 25.0 Å². The predicted octanol–water partition coefficient (Wildman–Crippen LogP) is 3.58. The van der Waals surface area contributed by atoms with E-state index in [9.17, 15) is 9.59 Å². The van der Waals surface area contributed by atoms with Gasteiger partial charge >= 0.3 is 0 Å². The number of fused-ring (bicyclic) bond motifs is 1. The highest BCUT2D eigenvalue weighted by Crippen LogP contribution is 2.21. The second-order valence-corrected chi connectivity index (χ2v) is 7.15. The van der Waals surface area contributed by atoms with Gasteiger partial charge in [0, 0.05) is 11.7 Å². The third-order valence-corrected chi connectivity index (χ3v) is 4.87. The number of nitrogens with zero attached hydrogens (tertiary/aromatic N) is 3. The van der Waals surface area contributed by atoms with Crippen LogP contribution in [-0.4, -0.2) is 21.2 Å². The first-order valence-electron chi connectivity index (χ1n) is 8.43. The van der Waals surface area contributed by atoms with Gasteiger partial charge in [-0.1, -0.05) is 23.9 Å². The lowest BCUT2D eigenvalue weighted by Gasteiger charge is -2.16. The van der Waals surface area contributed by atoms with E-state index in [1.165, 1.54) is 11.8 Å². The van der Waals surface area contributed by atoms with Crippen LogP contribution in [0.5, 0.6) is 0 Å². The number of nitriles is 1. The van der Waals surface area contributed by atoms with E-state index in [4.69, 9.17) is 5.26 Å². The van der Waals surface area contributed by atoms with E-state index >= 15 is 0 Å².